The molecule has 0 unspecified atom stereocenters. The average molecular weight is 830 g/mol. The molecule has 3 aromatic heterocycles. The molecule has 9 rings (SSSR count). The van der Waals surface area contributed by atoms with Crippen molar-refractivity contribution in [3.63, 3.8) is 0 Å². The molecule has 0 saturated carbocycles. The molecule has 0 aliphatic carbocycles. The molecule has 0 aliphatic rings. The largest absolute Gasteiger partial charge is 0.508 e. The molecule has 310 valence electrons. The molecule has 0 fully saturated rings. The Morgan fingerprint density at radius 3 is 1.75 bits per heavy atom. The van der Waals surface area contributed by atoms with Gasteiger partial charge in [0.15, 0.2) is 5.69 Å². The van der Waals surface area contributed by atoms with Gasteiger partial charge in [0.2, 0.25) is 0 Å². The third kappa shape index (κ3) is 7.50. The summed E-state index contributed by atoms with van der Waals surface area (Å²) in [6, 6.07) is 55.6. The summed E-state index contributed by atoms with van der Waals surface area (Å²) in [6.07, 6.45) is 3.83. The number of aromatic hydroxyl groups is 1. The van der Waals surface area contributed by atoms with Gasteiger partial charge in [-0.25, -0.2) is 9.83 Å². The SMILES string of the molecule is [C-]#[N+]c1c(C(C)(C)C)cc(-c2nc3c(-c4cc(-c5ccccc5)cc(-c5cc(C#N)c(-c6ccccc6)cn5)c4)cccn3c2-c2ccccc2-c2ccccc2)c(O)c1C(C)(C)C. The molecule has 64 heavy (non-hydrogen) atoms. The van der Waals surface area contributed by atoms with E-state index in [-0.39, 0.29) is 5.75 Å². The second-order valence-electron chi connectivity index (χ2n) is 18.2. The van der Waals surface area contributed by atoms with Crippen LogP contribution in [0.4, 0.5) is 5.69 Å². The quantitative estimate of drug-likeness (QED) is 0.162. The fourth-order valence-corrected chi connectivity index (χ4v) is 8.82. The minimum atomic E-state index is -0.556. The van der Waals surface area contributed by atoms with E-state index in [1.165, 1.54) is 0 Å². The van der Waals surface area contributed by atoms with E-state index in [9.17, 15) is 10.4 Å². The van der Waals surface area contributed by atoms with Crippen molar-refractivity contribution in [2.75, 3.05) is 0 Å². The lowest BCUT2D eigenvalue weighted by Gasteiger charge is -2.29. The van der Waals surface area contributed by atoms with Crippen LogP contribution >= 0.6 is 0 Å². The summed E-state index contributed by atoms with van der Waals surface area (Å²) in [6.45, 7) is 20.8. The first kappa shape index (κ1) is 41.3. The van der Waals surface area contributed by atoms with Crippen LogP contribution in [0.15, 0.2) is 170 Å². The van der Waals surface area contributed by atoms with Gasteiger partial charge in [-0.2, -0.15) is 5.26 Å². The maximum Gasteiger partial charge on any atom is 0.198 e. The van der Waals surface area contributed by atoms with Crippen molar-refractivity contribution in [1.82, 2.24) is 14.4 Å². The second-order valence-corrected chi connectivity index (χ2v) is 18.2. The van der Waals surface area contributed by atoms with E-state index >= 15 is 0 Å². The summed E-state index contributed by atoms with van der Waals surface area (Å²) < 4.78 is 2.14. The van der Waals surface area contributed by atoms with Gasteiger partial charge in [0.05, 0.1) is 29.6 Å². The highest BCUT2D eigenvalue weighted by atomic mass is 16.3. The third-order valence-electron chi connectivity index (χ3n) is 11.9. The van der Waals surface area contributed by atoms with Crippen molar-refractivity contribution in [3.05, 3.63) is 198 Å². The number of benzene rings is 6. The Labute approximate surface area is 375 Å². The van der Waals surface area contributed by atoms with Gasteiger partial charge in [-0.15, -0.1) is 0 Å². The number of nitriles is 1. The molecule has 1 N–H and O–H groups in total. The summed E-state index contributed by atoms with van der Waals surface area (Å²) >= 11 is 0. The Morgan fingerprint density at radius 2 is 1.14 bits per heavy atom. The monoisotopic (exact) mass is 829 g/mol. The van der Waals surface area contributed by atoms with Gasteiger partial charge in [0.1, 0.15) is 17.1 Å². The van der Waals surface area contributed by atoms with E-state index in [0.717, 1.165) is 66.9 Å². The predicted molar refractivity (Wildman–Crippen MR) is 261 cm³/mol. The zero-order valence-corrected chi connectivity index (χ0v) is 36.8. The van der Waals surface area contributed by atoms with Crippen molar-refractivity contribution in [2.45, 2.75) is 52.4 Å². The molecule has 0 aliphatic heterocycles. The Kier molecular flexibility index (Phi) is 10.5. The standard InChI is InChI=1S/C58H47N5O/c1-57(2,3)49-34-47(55(64)51(53(49)60-7)58(4,5)6)52-54(46-27-18-17-26-44(46)38-22-13-9-14-23-38)63-29-19-28-45(56(63)62-52)41-30-40(37-20-11-8-12-21-37)31-42(32-41)50-33-43(35-59)48(36-61-50)39-24-15-10-16-25-39/h8-34,36,64H,1-6H3. The lowest BCUT2D eigenvalue weighted by atomic mass is 9.76. The van der Waals surface area contributed by atoms with Gasteiger partial charge in [-0.1, -0.05) is 163 Å². The van der Waals surface area contributed by atoms with E-state index in [4.69, 9.17) is 16.5 Å². The van der Waals surface area contributed by atoms with Gasteiger partial charge in [0.25, 0.3) is 0 Å². The molecule has 0 radical (unpaired) electrons. The molecule has 6 aromatic carbocycles. The maximum atomic E-state index is 12.6. The van der Waals surface area contributed by atoms with E-state index < -0.39 is 10.8 Å². The van der Waals surface area contributed by atoms with Crippen LogP contribution in [0, 0.1) is 17.9 Å². The minimum absolute atomic E-state index is 0.0570. The molecule has 9 aromatic rings. The van der Waals surface area contributed by atoms with Crippen LogP contribution in [-0.2, 0) is 10.8 Å². The van der Waals surface area contributed by atoms with E-state index in [2.05, 4.69) is 96.7 Å². The molecular formula is C58H47N5O. The molecule has 0 bridgehead atoms. The van der Waals surface area contributed by atoms with Crippen molar-refractivity contribution in [3.8, 4) is 90.1 Å². The van der Waals surface area contributed by atoms with Crippen molar-refractivity contribution in [2.24, 2.45) is 0 Å². The zero-order chi connectivity index (χ0) is 44.8. The Hall–Kier alpha value is -8.06. The highest BCUT2D eigenvalue weighted by molar-refractivity contribution is 5.96. The Balaban J connectivity index is 1.36. The molecule has 0 amide bonds. The summed E-state index contributed by atoms with van der Waals surface area (Å²) in [5, 5.41) is 23.0. The van der Waals surface area contributed by atoms with Crippen LogP contribution in [-0.4, -0.2) is 19.5 Å². The topological polar surface area (TPSA) is 78.6 Å². The zero-order valence-electron chi connectivity index (χ0n) is 36.8. The molecule has 0 atom stereocenters. The number of nitrogens with zero attached hydrogens (tertiary/aromatic N) is 5. The first-order chi connectivity index (χ1) is 30.9. The number of phenolic OH excluding ortho intramolecular Hbond substituents is 1. The molecular weight excluding hydrogens is 783 g/mol. The number of rotatable bonds is 7. The summed E-state index contributed by atoms with van der Waals surface area (Å²) in [4.78, 5) is 14.6. The smallest absolute Gasteiger partial charge is 0.198 e. The number of imidazole rings is 1. The van der Waals surface area contributed by atoms with E-state index in [0.29, 0.717) is 39.4 Å². The predicted octanol–water partition coefficient (Wildman–Crippen LogP) is 15.1. The number of fused-ring (bicyclic) bond motifs is 1. The molecule has 0 spiro atoms. The fourth-order valence-electron chi connectivity index (χ4n) is 8.82. The molecule has 6 heteroatoms. The fraction of sp³-hybridized carbons (Fsp3) is 0.138. The maximum absolute atomic E-state index is 12.6. The van der Waals surface area contributed by atoms with Crippen molar-refractivity contribution in [1.29, 1.82) is 5.26 Å². The molecule has 3 heterocycles. The van der Waals surface area contributed by atoms with Crippen LogP contribution in [0.3, 0.4) is 0 Å². The number of pyridine rings is 2. The van der Waals surface area contributed by atoms with Crippen molar-refractivity contribution >= 4 is 11.3 Å². The molecule has 0 saturated heterocycles. The highest BCUT2D eigenvalue weighted by Crippen LogP contribution is 2.51. The lowest BCUT2D eigenvalue weighted by Crippen LogP contribution is -2.17. The summed E-state index contributed by atoms with van der Waals surface area (Å²) in [7, 11) is 0. The first-order valence-corrected chi connectivity index (χ1v) is 21.5. The van der Waals surface area contributed by atoms with Gasteiger partial charge in [-0.3, -0.25) is 9.38 Å². The van der Waals surface area contributed by atoms with Crippen LogP contribution in [0.2, 0.25) is 0 Å². The van der Waals surface area contributed by atoms with Crippen LogP contribution in [0.25, 0.3) is 88.8 Å². The number of hydrogen-bond donors (Lipinski definition) is 1. The highest BCUT2D eigenvalue weighted by Gasteiger charge is 2.33. The molecule has 6 nitrogen and oxygen atoms in total. The number of hydrogen-bond acceptors (Lipinski definition) is 4. The lowest BCUT2D eigenvalue weighted by molar-refractivity contribution is 0.448. The van der Waals surface area contributed by atoms with Crippen LogP contribution < -0.4 is 0 Å². The van der Waals surface area contributed by atoms with Gasteiger partial charge < -0.3 is 5.11 Å². The van der Waals surface area contributed by atoms with Gasteiger partial charge in [-0.05, 0) is 86.2 Å². The first-order valence-electron chi connectivity index (χ1n) is 21.5. The Morgan fingerprint density at radius 1 is 0.578 bits per heavy atom. The Bertz CT molecular complexity index is 3300. The minimum Gasteiger partial charge on any atom is -0.508 e. The van der Waals surface area contributed by atoms with E-state index in [1.807, 2.05) is 124 Å². The summed E-state index contributed by atoms with van der Waals surface area (Å²) in [5.74, 6) is 0.0570. The van der Waals surface area contributed by atoms with Gasteiger partial charge >= 0.3 is 0 Å². The van der Waals surface area contributed by atoms with Crippen LogP contribution in [0.1, 0.15) is 58.2 Å². The normalized spacial score (nSPS) is 11.6. The number of phenols is 1. The van der Waals surface area contributed by atoms with E-state index in [1.54, 1.807) is 6.20 Å². The third-order valence-corrected chi connectivity index (χ3v) is 11.9. The number of aromatic nitrogens is 3. The average Bonchev–Trinajstić information content (AvgIpc) is 3.70. The van der Waals surface area contributed by atoms with Crippen molar-refractivity contribution < 1.29 is 5.11 Å². The summed E-state index contributed by atoms with van der Waals surface area (Å²) in [5.41, 5.74) is 14.3. The van der Waals surface area contributed by atoms with Crippen LogP contribution in [0.5, 0.6) is 5.75 Å². The second kappa shape index (κ2) is 16.3. The van der Waals surface area contributed by atoms with Gasteiger partial charge in [0, 0.05) is 45.8 Å².